The summed E-state index contributed by atoms with van der Waals surface area (Å²) < 4.78 is 10.3. The van der Waals surface area contributed by atoms with Gasteiger partial charge in [-0.3, -0.25) is 10.1 Å². The smallest absolute Gasteiger partial charge is 0.344 e. The van der Waals surface area contributed by atoms with Crippen molar-refractivity contribution in [1.82, 2.24) is 10.6 Å². The minimum atomic E-state index is -1.11. The Hall–Kier alpha value is -2.57. The number of urea groups is 1. The van der Waals surface area contributed by atoms with E-state index in [2.05, 4.69) is 10.6 Å². The Bertz CT molecular complexity index is 629. The van der Waals surface area contributed by atoms with Crippen LogP contribution in [0.5, 0.6) is 5.75 Å². The van der Waals surface area contributed by atoms with E-state index < -0.39 is 29.6 Å². The summed E-state index contributed by atoms with van der Waals surface area (Å²) in [7, 11) is 0. The zero-order valence-corrected chi connectivity index (χ0v) is 15.6. The summed E-state index contributed by atoms with van der Waals surface area (Å²) >= 11 is 0. The van der Waals surface area contributed by atoms with Crippen LogP contribution in [-0.2, 0) is 14.3 Å². The Morgan fingerprint density at radius 3 is 2.16 bits per heavy atom. The fraction of sp³-hybridized carbons (Fsp3) is 0.500. The highest BCUT2D eigenvalue weighted by molar-refractivity contribution is 5.97. The summed E-state index contributed by atoms with van der Waals surface area (Å²) in [5.74, 6) is -0.851. The fourth-order valence-electron chi connectivity index (χ4n) is 2.03. The maximum atomic E-state index is 11.8. The van der Waals surface area contributed by atoms with Crippen molar-refractivity contribution < 1.29 is 23.9 Å². The maximum absolute atomic E-state index is 11.8. The average molecular weight is 350 g/mol. The lowest BCUT2D eigenvalue weighted by Crippen LogP contribution is -2.50. The van der Waals surface area contributed by atoms with Crippen LogP contribution in [0.4, 0.5) is 4.79 Å². The first-order chi connectivity index (χ1) is 11.5. The molecule has 2 N–H and O–H groups in total. The van der Waals surface area contributed by atoms with Gasteiger partial charge in [0, 0.05) is 5.54 Å². The van der Waals surface area contributed by atoms with E-state index in [4.69, 9.17) is 9.47 Å². The van der Waals surface area contributed by atoms with E-state index >= 15 is 0 Å². The van der Waals surface area contributed by atoms with Crippen LogP contribution in [0.1, 0.15) is 38.8 Å². The lowest BCUT2D eigenvalue weighted by atomic mass is 10.1. The lowest BCUT2D eigenvalue weighted by molar-refractivity contribution is -0.156. The number of esters is 1. The summed E-state index contributed by atoms with van der Waals surface area (Å²) in [6.45, 7) is 10.3. The van der Waals surface area contributed by atoms with Gasteiger partial charge in [0.05, 0.1) is 0 Å². The Morgan fingerprint density at radius 1 is 1.08 bits per heavy atom. The average Bonchev–Trinajstić information content (AvgIpc) is 2.41. The van der Waals surface area contributed by atoms with Gasteiger partial charge in [-0.2, -0.15) is 0 Å². The Balaban J connectivity index is 2.45. The van der Waals surface area contributed by atoms with Crippen LogP contribution in [0.25, 0.3) is 0 Å². The SMILES string of the molecule is Cc1cc(C)cc(OCC(=O)OC(C)C(=O)NC(=O)NC(C)(C)C)c1. The van der Waals surface area contributed by atoms with Crippen LogP contribution in [0.15, 0.2) is 18.2 Å². The van der Waals surface area contributed by atoms with Crippen molar-refractivity contribution in [2.75, 3.05) is 6.61 Å². The molecule has 7 heteroatoms. The molecule has 1 aromatic carbocycles. The van der Waals surface area contributed by atoms with Gasteiger partial charge in [0.1, 0.15) is 5.75 Å². The highest BCUT2D eigenvalue weighted by Gasteiger charge is 2.22. The largest absolute Gasteiger partial charge is 0.482 e. The standard InChI is InChI=1S/C18H26N2O5/c1-11-7-12(2)9-14(8-11)24-10-15(21)25-13(3)16(22)19-17(23)20-18(4,5)6/h7-9,13H,10H2,1-6H3,(H2,19,20,22,23). The molecule has 0 aromatic heterocycles. The van der Waals surface area contributed by atoms with Crippen LogP contribution in [-0.4, -0.2) is 36.2 Å². The quantitative estimate of drug-likeness (QED) is 0.794. The zero-order chi connectivity index (χ0) is 19.2. The van der Waals surface area contributed by atoms with Crippen LogP contribution in [0, 0.1) is 13.8 Å². The molecule has 1 rings (SSSR count). The number of amides is 3. The predicted octanol–water partition coefficient (Wildman–Crippen LogP) is 2.24. The summed E-state index contributed by atoms with van der Waals surface area (Å²) in [6, 6.07) is 4.94. The molecule has 0 saturated carbocycles. The van der Waals surface area contributed by atoms with E-state index in [1.54, 1.807) is 32.9 Å². The van der Waals surface area contributed by atoms with Crippen molar-refractivity contribution in [2.24, 2.45) is 0 Å². The highest BCUT2D eigenvalue weighted by atomic mass is 16.6. The molecule has 0 spiro atoms. The number of ether oxygens (including phenoxy) is 2. The monoisotopic (exact) mass is 350 g/mol. The van der Waals surface area contributed by atoms with Crippen molar-refractivity contribution >= 4 is 17.9 Å². The molecule has 7 nitrogen and oxygen atoms in total. The number of benzene rings is 1. The molecule has 1 aromatic rings. The van der Waals surface area contributed by atoms with Gasteiger partial charge >= 0.3 is 12.0 Å². The molecule has 1 atom stereocenters. The van der Waals surface area contributed by atoms with Crippen LogP contribution >= 0.6 is 0 Å². The van der Waals surface area contributed by atoms with Crippen molar-refractivity contribution in [3.05, 3.63) is 29.3 Å². The molecule has 0 radical (unpaired) electrons. The second-order valence-electron chi connectivity index (χ2n) is 6.94. The number of rotatable bonds is 5. The van der Waals surface area contributed by atoms with E-state index in [9.17, 15) is 14.4 Å². The van der Waals surface area contributed by atoms with Gasteiger partial charge < -0.3 is 14.8 Å². The van der Waals surface area contributed by atoms with E-state index in [0.29, 0.717) is 5.75 Å². The number of carbonyl (C=O) groups excluding carboxylic acids is 3. The number of hydrogen-bond donors (Lipinski definition) is 2. The van der Waals surface area contributed by atoms with Gasteiger partial charge in [-0.25, -0.2) is 9.59 Å². The highest BCUT2D eigenvalue weighted by Crippen LogP contribution is 2.16. The number of nitrogens with one attached hydrogen (secondary N) is 2. The van der Waals surface area contributed by atoms with E-state index in [1.807, 2.05) is 19.9 Å². The van der Waals surface area contributed by atoms with Crippen LogP contribution in [0.3, 0.4) is 0 Å². The molecule has 0 fully saturated rings. The predicted molar refractivity (Wildman–Crippen MR) is 93.4 cm³/mol. The summed E-state index contributed by atoms with van der Waals surface area (Å²) in [5, 5.41) is 4.70. The second-order valence-corrected chi connectivity index (χ2v) is 6.94. The number of hydrogen-bond acceptors (Lipinski definition) is 5. The fourth-order valence-corrected chi connectivity index (χ4v) is 2.03. The minimum Gasteiger partial charge on any atom is -0.482 e. The first kappa shape index (κ1) is 20.5. The second kappa shape index (κ2) is 8.50. The topological polar surface area (TPSA) is 93.7 Å². The molecule has 0 aliphatic carbocycles. The summed E-state index contributed by atoms with van der Waals surface area (Å²) in [5.41, 5.74) is 1.55. The van der Waals surface area contributed by atoms with Crippen molar-refractivity contribution in [1.29, 1.82) is 0 Å². The zero-order valence-electron chi connectivity index (χ0n) is 15.6. The molecule has 25 heavy (non-hydrogen) atoms. The molecule has 0 bridgehead atoms. The molecule has 0 aliphatic rings. The molecule has 3 amide bonds. The number of aryl methyl sites for hydroxylation is 2. The van der Waals surface area contributed by atoms with E-state index in [0.717, 1.165) is 11.1 Å². The normalized spacial score (nSPS) is 12.1. The van der Waals surface area contributed by atoms with Gasteiger partial charge in [-0.15, -0.1) is 0 Å². The third-order valence-corrected chi connectivity index (χ3v) is 2.95. The Labute approximate surface area is 148 Å². The van der Waals surface area contributed by atoms with Gasteiger partial charge in [-0.05, 0) is 64.8 Å². The van der Waals surface area contributed by atoms with Gasteiger partial charge in [0.25, 0.3) is 5.91 Å². The first-order valence-corrected chi connectivity index (χ1v) is 8.00. The summed E-state index contributed by atoms with van der Waals surface area (Å²) in [4.78, 5) is 35.3. The van der Waals surface area contributed by atoms with Crippen molar-refractivity contribution in [3.63, 3.8) is 0 Å². The third kappa shape index (κ3) is 8.19. The van der Waals surface area contributed by atoms with Crippen LogP contribution in [0.2, 0.25) is 0 Å². The first-order valence-electron chi connectivity index (χ1n) is 8.00. The number of imide groups is 1. The van der Waals surface area contributed by atoms with E-state index in [1.165, 1.54) is 6.92 Å². The van der Waals surface area contributed by atoms with Gasteiger partial charge in [-0.1, -0.05) is 6.07 Å². The Kier molecular flexibility index (Phi) is 6.97. The molecular formula is C18H26N2O5. The maximum Gasteiger partial charge on any atom is 0.344 e. The molecule has 1 unspecified atom stereocenters. The molecule has 0 saturated heterocycles. The lowest BCUT2D eigenvalue weighted by Gasteiger charge is -2.21. The molecular weight excluding hydrogens is 324 g/mol. The Morgan fingerprint density at radius 2 is 1.64 bits per heavy atom. The van der Waals surface area contributed by atoms with Gasteiger partial charge in [0.15, 0.2) is 12.7 Å². The molecule has 0 aliphatic heterocycles. The molecule has 0 heterocycles. The van der Waals surface area contributed by atoms with Crippen molar-refractivity contribution in [2.45, 2.75) is 53.2 Å². The molecule has 138 valence electrons. The minimum absolute atomic E-state index is 0.325. The van der Waals surface area contributed by atoms with Crippen LogP contribution < -0.4 is 15.4 Å². The summed E-state index contributed by atoms with van der Waals surface area (Å²) in [6.07, 6.45) is -1.11. The van der Waals surface area contributed by atoms with Gasteiger partial charge in [0.2, 0.25) is 0 Å². The third-order valence-electron chi connectivity index (χ3n) is 2.95. The number of carbonyl (C=O) groups is 3. The van der Waals surface area contributed by atoms with E-state index in [-0.39, 0.29) is 6.61 Å². The van der Waals surface area contributed by atoms with Crippen molar-refractivity contribution in [3.8, 4) is 5.75 Å².